The highest BCUT2D eigenvalue weighted by Crippen LogP contribution is 2.29. The van der Waals surface area contributed by atoms with Gasteiger partial charge in [-0.2, -0.15) is 5.10 Å². The first kappa shape index (κ1) is 34.3. The molecule has 258 valence electrons. The molecule has 1 atom stereocenters. The highest BCUT2D eigenvalue weighted by atomic mass is 19.1. The van der Waals surface area contributed by atoms with E-state index in [1.54, 1.807) is 23.9 Å². The second-order valence-electron chi connectivity index (χ2n) is 13.3. The SMILES string of the molecule is Cc1cc(C(=O)NC2CCC(NC(=O)c3cc(F)cnc3Oc3cccc(-c4ccc(CCCN5CCNC[C@H]5C)cc4)c3)CC2)nn1C. The Bertz CT molecular complexity index is 1730. The molecule has 1 saturated heterocycles. The normalized spacial score (nSPS) is 19.7. The predicted molar refractivity (Wildman–Crippen MR) is 187 cm³/mol. The van der Waals surface area contributed by atoms with E-state index in [0.29, 0.717) is 43.2 Å². The minimum absolute atomic E-state index is 0.00695. The van der Waals surface area contributed by atoms with Crippen molar-refractivity contribution in [3.05, 3.63) is 95.2 Å². The molecular weight excluding hydrogens is 621 g/mol. The van der Waals surface area contributed by atoms with Crippen molar-refractivity contribution in [2.45, 2.75) is 70.5 Å². The van der Waals surface area contributed by atoms with Gasteiger partial charge >= 0.3 is 0 Å². The summed E-state index contributed by atoms with van der Waals surface area (Å²) in [5, 5.41) is 13.8. The lowest BCUT2D eigenvalue weighted by Crippen LogP contribution is -2.49. The molecule has 1 aliphatic carbocycles. The highest BCUT2D eigenvalue weighted by Gasteiger charge is 2.26. The number of hydrogen-bond acceptors (Lipinski definition) is 7. The standard InChI is InChI=1S/C38H46FN7O3/c1-25-20-35(44-45(25)3)37(48)43-32-15-13-31(14-16-32)42-36(47)34-22-30(39)24-41-38(34)49-33-8-4-7-29(21-33)28-11-9-27(10-12-28)6-5-18-46-19-17-40-23-26(46)2/h4,7-12,20-22,24,26,31-32,40H,5-6,13-19,23H2,1-3H3,(H,42,47)(H,43,48)/t26-,31?,32?/m1/s1. The molecule has 2 aromatic heterocycles. The molecule has 6 rings (SSSR count). The number of piperazine rings is 1. The molecule has 1 saturated carbocycles. The molecule has 1 aliphatic heterocycles. The van der Waals surface area contributed by atoms with Crippen molar-refractivity contribution in [2.24, 2.45) is 7.05 Å². The lowest BCUT2D eigenvalue weighted by molar-refractivity contribution is 0.0887. The van der Waals surface area contributed by atoms with E-state index in [1.807, 2.05) is 25.1 Å². The molecule has 0 bridgehead atoms. The number of benzene rings is 2. The van der Waals surface area contributed by atoms with Crippen LogP contribution >= 0.6 is 0 Å². The third-order valence-corrected chi connectivity index (χ3v) is 9.69. The summed E-state index contributed by atoms with van der Waals surface area (Å²) in [5.74, 6) is -0.728. The number of aryl methyl sites for hydroxylation is 3. The van der Waals surface area contributed by atoms with Gasteiger partial charge in [0.15, 0.2) is 0 Å². The van der Waals surface area contributed by atoms with Gasteiger partial charge in [0.25, 0.3) is 11.8 Å². The summed E-state index contributed by atoms with van der Waals surface area (Å²) in [7, 11) is 1.80. The molecule has 2 amide bonds. The van der Waals surface area contributed by atoms with Gasteiger partial charge < -0.3 is 20.7 Å². The van der Waals surface area contributed by atoms with Crippen LogP contribution < -0.4 is 20.7 Å². The Labute approximate surface area is 287 Å². The van der Waals surface area contributed by atoms with Crippen molar-refractivity contribution in [1.29, 1.82) is 0 Å². The lowest BCUT2D eigenvalue weighted by Gasteiger charge is -2.33. The van der Waals surface area contributed by atoms with Crippen LogP contribution in [0.25, 0.3) is 11.1 Å². The van der Waals surface area contributed by atoms with Crippen molar-refractivity contribution >= 4 is 11.8 Å². The molecule has 11 heteroatoms. The van der Waals surface area contributed by atoms with Crippen molar-refractivity contribution < 1.29 is 18.7 Å². The quantitative estimate of drug-likeness (QED) is 0.196. The second kappa shape index (κ2) is 15.7. The van der Waals surface area contributed by atoms with Crippen molar-refractivity contribution in [3.63, 3.8) is 0 Å². The molecule has 3 N–H and O–H groups in total. The topological polar surface area (TPSA) is 113 Å². The van der Waals surface area contributed by atoms with Crippen LogP contribution in [0.15, 0.2) is 66.9 Å². The van der Waals surface area contributed by atoms with E-state index in [-0.39, 0.29) is 29.4 Å². The van der Waals surface area contributed by atoms with E-state index < -0.39 is 11.7 Å². The second-order valence-corrected chi connectivity index (χ2v) is 13.3. The van der Waals surface area contributed by atoms with E-state index in [2.05, 4.69) is 62.1 Å². The molecule has 2 aromatic carbocycles. The maximum Gasteiger partial charge on any atom is 0.272 e. The fourth-order valence-corrected chi connectivity index (χ4v) is 6.66. The van der Waals surface area contributed by atoms with Crippen LogP contribution in [-0.2, 0) is 13.5 Å². The van der Waals surface area contributed by atoms with Crippen molar-refractivity contribution in [3.8, 4) is 22.8 Å². The zero-order valence-corrected chi connectivity index (χ0v) is 28.5. The Kier molecular flexibility index (Phi) is 11.0. The first-order valence-electron chi connectivity index (χ1n) is 17.3. The van der Waals surface area contributed by atoms with Crippen LogP contribution in [-0.4, -0.2) is 75.8 Å². The number of nitrogens with one attached hydrogen (secondary N) is 3. The fourth-order valence-electron chi connectivity index (χ4n) is 6.66. The number of halogens is 1. The number of carbonyl (C=O) groups excluding carboxylic acids is 2. The molecular formula is C38H46FN7O3. The molecule has 2 fully saturated rings. The zero-order valence-electron chi connectivity index (χ0n) is 28.5. The summed E-state index contributed by atoms with van der Waals surface area (Å²) in [5.41, 5.74) is 4.66. The summed E-state index contributed by atoms with van der Waals surface area (Å²) in [6.07, 6.45) is 5.96. The van der Waals surface area contributed by atoms with Gasteiger partial charge in [0.05, 0.1) is 6.20 Å². The van der Waals surface area contributed by atoms with Gasteiger partial charge in [-0.1, -0.05) is 36.4 Å². The number of rotatable bonds is 11. The predicted octanol–water partition coefficient (Wildman–Crippen LogP) is 5.42. The Morgan fingerprint density at radius 1 is 0.980 bits per heavy atom. The molecule has 0 unspecified atom stereocenters. The van der Waals surface area contributed by atoms with Gasteiger partial charge in [-0.3, -0.25) is 19.2 Å². The number of carbonyl (C=O) groups is 2. The Morgan fingerprint density at radius 3 is 2.41 bits per heavy atom. The van der Waals surface area contributed by atoms with Gasteiger partial charge in [0, 0.05) is 50.5 Å². The highest BCUT2D eigenvalue weighted by molar-refractivity contribution is 5.96. The number of pyridine rings is 1. The van der Waals surface area contributed by atoms with E-state index in [9.17, 15) is 14.0 Å². The van der Waals surface area contributed by atoms with Crippen LogP contribution in [0.3, 0.4) is 0 Å². The largest absolute Gasteiger partial charge is 0.438 e. The average Bonchev–Trinajstić information content (AvgIpc) is 3.45. The number of hydrogen-bond donors (Lipinski definition) is 3. The van der Waals surface area contributed by atoms with Crippen LogP contribution in [0.1, 0.15) is 71.1 Å². The van der Waals surface area contributed by atoms with E-state index >= 15 is 0 Å². The van der Waals surface area contributed by atoms with E-state index in [4.69, 9.17) is 4.74 Å². The third kappa shape index (κ3) is 8.90. The third-order valence-electron chi connectivity index (χ3n) is 9.69. The Hall–Kier alpha value is -4.61. The van der Waals surface area contributed by atoms with Crippen LogP contribution in [0.4, 0.5) is 4.39 Å². The van der Waals surface area contributed by atoms with Crippen LogP contribution in [0.2, 0.25) is 0 Å². The minimum atomic E-state index is -0.620. The molecule has 0 radical (unpaired) electrons. The van der Waals surface area contributed by atoms with Gasteiger partial charge in [0.2, 0.25) is 5.88 Å². The number of ether oxygens (including phenoxy) is 1. The Morgan fingerprint density at radius 2 is 1.71 bits per heavy atom. The smallest absolute Gasteiger partial charge is 0.272 e. The summed E-state index contributed by atoms with van der Waals surface area (Å²) >= 11 is 0. The molecule has 3 heterocycles. The summed E-state index contributed by atoms with van der Waals surface area (Å²) in [6.45, 7) is 8.51. The van der Waals surface area contributed by atoms with Gasteiger partial charge in [-0.05, 0) is 99.9 Å². The summed E-state index contributed by atoms with van der Waals surface area (Å²) in [6, 6.07) is 19.6. The first-order chi connectivity index (χ1) is 23.7. The van der Waals surface area contributed by atoms with Gasteiger partial charge in [0.1, 0.15) is 22.8 Å². The maximum atomic E-state index is 14.3. The Balaban J connectivity index is 1.03. The zero-order chi connectivity index (χ0) is 34.3. The average molecular weight is 668 g/mol. The molecule has 49 heavy (non-hydrogen) atoms. The van der Waals surface area contributed by atoms with Gasteiger partial charge in [-0.15, -0.1) is 0 Å². The van der Waals surface area contributed by atoms with Crippen molar-refractivity contribution in [2.75, 3.05) is 26.2 Å². The fraction of sp³-hybridized carbons (Fsp3) is 0.421. The summed E-state index contributed by atoms with van der Waals surface area (Å²) in [4.78, 5) is 32.7. The number of aromatic nitrogens is 3. The summed E-state index contributed by atoms with van der Waals surface area (Å²) < 4.78 is 22.1. The molecule has 0 spiro atoms. The van der Waals surface area contributed by atoms with E-state index in [1.165, 1.54) is 5.56 Å². The molecule has 4 aromatic rings. The monoisotopic (exact) mass is 667 g/mol. The number of amides is 2. The minimum Gasteiger partial charge on any atom is -0.438 e. The van der Waals surface area contributed by atoms with Crippen LogP contribution in [0, 0.1) is 12.7 Å². The van der Waals surface area contributed by atoms with Gasteiger partial charge in [-0.25, -0.2) is 9.37 Å². The lowest BCUT2D eigenvalue weighted by atomic mass is 9.91. The number of nitrogens with zero attached hydrogens (tertiary/aromatic N) is 4. The maximum absolute atomic E-state index is 14.3. The van der Waals surface area contributed by atoms with Crippen molar-refractivity contribution in [1.82, 2.24) is 35.6 Å². The van der Waals surface area contributed by atoms with Crippen LogP contribution in [0.5, 0.6) is 11.6 Å². The first-order valence-corrected chi connectivity index (χ1v) is 17.3. The molecule has 10 nitrogen and oxygen atoms in total. The van der Waals surface area contributed by atoms with E-state index in [0.717, 1.165) is 68.1 Å². The molecule has 2 aliphatic rings.